The van der Waals surface area contributed by atoms with Gasteiger partial charge in [0.2, 0.25) is 0 Å². The Kier molecular flexibility index (Phi) is 21.5. The lowest BCUT2D eigenvalue weighted by Crippen LogP contribution is -2.17. The summed E-state index contributed by atoms with van der Waals surface area (Å²) in [5, 5.41) is 0. The summed E-state index contributed by atoms with van der Waals surface area (Å²) in [5.41, 5.74) is 13.7. The number of ether oxygens (including phenoxy) is 3. The maximum atomic E-state index is 12.7. The molecule has 1 aliphatic rings. The number of esters is 3. The minimum absolute atomic E-state index is 0.105. The molecular formula is C65H66N2O7. The first-order chi connectivity index (χ1) is 36.0. The van der Waals surface area contributed by atoms with Crippen LogP contribution in [0.3, 0.4) is 0 Å². The average molecular weight is 987 g/mol. The summed E-state index contributed by atoms with van der Waals surface area (Å²) >= 11 is 0. The number of nitrogens with zero attached hydrogens (tertiary/aromatic N) is 2. The molecule has 0 atom stereocenters. The fourth-order valence-corrected chi connectivity index (χ4v) is 8.10. The molecule has 0 unspecified atom stereocenters. The number of carbonyl (C=O) groups excluding carboxylic acids is 4. The Labute approximate surface area is 437 Å². The van der Waals surface area contributed by atoms with Crippen molar-refractivity contribution in [2.24, 2.45) is 0 Å². The number of methoxy groups -OCH3 is 1. The van der Waals surface area contributed by atoms with Crippen LogP contribution in [0.15, 0.2) is 231 Å². The first kappa shape index (κ1) is 54.8. The van der Waals surface area contributed by atoms with Gasteiger partial charge in [-0.05, 0) is 149 Å². The van der Waals surface area contributed by atoms with Gasteiger partial charge in [-0.25, -0.2) is 0 Å². The summed E-state index contributed by atoms with van der Waals surface area (Å²) < 4.78 is 15.8. The Morgan fingerprint density at radius 3 is 1.73 bits per heavy atom. The van der Waals surface area contributed by atoms with Crippen molar-refractivity contribution in [2.45, 2.75) is 70.8 Å². The first-order valence-corrected chi connectivity index (χ1v) is 24.9. The Morgan fingerprint density at radius 2 is 1.18 bits per heavy atom. The number of carbonyl (C=O) groups is 4. The van der Waals surface area contributed by atoms with Crippen molar-refractivity contribution in [1.29, 1.82) is 0 Å². The van der Waals surface area contributed by atoms with Crippen molar-refractivity contribution in [3.05, 3.63) is 259 Å². The fraction of sp³-hybridized carbons (Fsp3) is 0.200. The number of aryl methyl sites for hydroxylation is 3. The zero-order chi connectivity index (χ0) is 52.5. The molecule has 0 fully saturated rings. The molecular weight excluding hydrogens is 921 g/mol. The molecule has 0 heterocycles. The van der Waals surface area contributed by atoms with Gasteiger partial charge in [-0.15, -0.1) is 0 Å². The van der Waals surface area contributed by atoms with Crippen LogP contribution in [0.25, 0.3) is 5.57 Å². The van der Waals surface area contributed by atoms with Crippen LogP contribution < -0.4 is 9.80 Å². The highest BCUT2D eigenvalue weighted by Crippen LogP contribution is 2.37. The summed E-state index contributed by atoms with van der Waals surface area (Å²) in [7, 11) is 1.39. The molecule has 5 aromatic rings. The van der Waals surface area contributed by atoms with Crippen LogP contribution in [0.2, 0.25) is 0 Å². The van der Waals surface area contributed by atoms with E-state index in [1.165, 1.54) is 12.7 Å². The van der Waals surface area contributed by atoms with Crippen molar-refractivity contribution >= 4 is 52.5 Å². The van der Waals surface area contributed by atoms with Crippen LogP contribution in [0.1, 0.15) is 72.8 Å². The van der Waals surface area contributed by atoms with Crippen molar-refractivity contribution in [3.63, 3.8) is 0 Å². The molecule has 0 radical (unpaired) electrons. The molecule has 0 amide bonds. The molecule has 74 heavy (non-hydrogen) atoms. The van der Waals surface area contributed by atoms with Crippen molar-refractivity contribution in [1.82, 2.24) is 0 Å². The summed E-state index contributed by atoms with van der Waals surface area (Å²) in [5.74, 6) is -0.809. The summed E-state index contributed by atoms with van der Waals surface area (Å²) in [6, 6.07) is 43.0. The minimum Gasteiger partial charge on any atom is -0.469 e. The highest BCUT2D eigenvalue weighted by atomic mass is 16.5. The topological polar surface area (TPSA) is 102 Å². The first-order valence-electron chi connectivity index (χ1n) is 24.9. The molecule has 1 aliphatic carbocycles. The minimum atomic E-state index is -0.301. The third-order valence-electron chi connectivity index (χ3n) is 12.4. The quantitative estimate of drug-likeness (QED) is 0.0210. The van der Waals surface area contributed by atoms with E-state index in [4.69, 9.17) is 14.2 Å². The van der Waals surface area contributed by atoms with E-state index in [9.17, 15) is 19.2 Å². The second-order valence-corrected chi connectivity index (χ2v) is 17.7. The van der Waals surface area contributed by atoms with E-state index in [0.717, 1.165) is 86.5 Å². The van der Waals surface area contributed by atoms with Crippen LogP contribution in [-0.2, 0) is 59.3 Å². The number of benzene rings is 5. The molecule has 0 aliphatic heterocycles. The van der Waals surface area contributed by atoms with Gasteiger partial charge in [0.25, 0.3) is 0 Å². The number of hydrogen-bond donors (Lipinski definition) is 0. The molecule has 5 aromatic carbocycles. The van der Waals surface area contributed by atoms with Crippen molar-refractivity contribution < 1.29 is 33.4 Å². The molecule has 9 heteroatoms. The monoisotopic (exact) mass is 986 g/mol. The number of hydrogen-bond acceptors (Lipinski definition) is 9. The van der Waals surface area contributed by atoms with Gasteiger partial charge in [-0.1, -0.05) is 142 Å². The van der Waals surface area contributed by atoms with E-state index < -0.39 is 0 Å². The van der Waals surface area contributed by atoms with Gasteiger partial charge in [0.15, 0.2) is 0 Å². The van der Waals surface area contributed by atoms with Crippen LogP contribution in [-0.4, -0.2) is 37.9 Å². The SMILES string of the molecule is C=CC(=C)/C=C\C(=C)COC(=O)CCc1ccc(N(c2ccc(CCC(=O)OCc3ccccc3)cc2)c2ccc(C3=CC=C(N(/C=C/C=C(\C=C)CCC(=O)OC)c4ccc(CCC=O)cc4)CC3)cc2)cc1. The molecule has 0 saturated carbocycles. The highest BCUT2D eigenvalue weighted by molar-refractivity contribution is 5.79. The number of aldehydes is 1. The van der Waals surface area contributed by atoms with Crippen molar-refractivity contribution in [3.8, 4) is 0 Å². The lowest BCUT2D eigenvalue weighted by molar-refractivity contribution is -0.145. The second-order valence-electron chi connectivity index (χ2n) is 17.7. The highest BCUT2D eigenvalue weighted by Gasteiger charge is 2.18. The maximum absolute atomic E-state index is 12.7. The molecule has 0 N–H and O–H groups in total. The van der Waals surface area contributed by atoms with Gasteiger partial charge in [0, 0.05) is 60.3 Å². The fourth-order valence-electron chi connectivity index (χ4n) is 8.10. The lowest BCUT2D eigenvalue weighted by atomic mass is 9.95. The third kappa shape index (κ3) is 17.3. The molecule has 0 bridgehead atoms. The van der Waals surface area contributed by atoms with E-state index in [-0.39, 0.29) is 50.4 Å². The van der Waals surface area contributed by atoms with E-state index in [2.05, 4.69) is 133 Å². The van der Waals surface area contributed by atoms with E-state index in [1.54, 1.807) is 24.3 Å². The third-order valence-corrected chi connectivity index (χ3v) is 12.4. The Morgan fingerprint density at radius 1 is 0.595 bits per heavy atom. The average Bonchev–Trinajstić information content (AvgIpc) is 3.45. The van der Waals surface area contributed by atoms with Crippen LogP contribution in [0.4, 0.5) is 22.7 Å². The van der Waals surface area contributed by atoms with Crippen LogP contribution in [0.5, 0.6) is 0 Å². The predicted molar refractivity (Wildman–Crippen MR) is 300 cm³/mol. The summed E-state index contributed by atoms with van der Waals surface area (Å²) in [6.45, 7) is 15.8. The lowest BCUT2D eigenvalue weighted by Gasteiger charge is -2.27. The van der Waals surface area contributed by atoms with Crippen LogP contribution >= 0.6 is 0 Å². The molecule has 0 spiro atoms. The van der Waals surface area contributed by atoms with Gasteiger partial charge < -0.3 is 28.8 Å². The second kappa shape index (κ2) is 29.1. The molecule has 6 rings (SSSR count). The van der Waals surface area contributed by atoms with Gasteiger partial charge in [0.05, 0.1) is 7.11 Å². The molecule has 0 aromatic heterocycles. The number of allylic oxidation sites excluding steroid dienone is 11. The van der Waals surface area contributed by atoms with E-state index in [0.29, 0.717) is 37.7 Å². The van der Waals surface area contributed by atoms with E-state index in [1.807, 2.05) is 60.8 Å². The molecule has 9 nitrogen and oxygen atoms in total. The molecule has 378 valence electrons. The summed E-state index contributed by atoms with van der Waals surface area (Å²) in [6.07, 6.45) is 23.4. The number of anilines is 4. The van der Waals surface area contributed by atoms with Crippen LogP contribution in [0, 0.1) is 0 Å². The zero-order valence-electron chi connectivity index (χ0n) is 42.5. The van der Waals surface area contributed by atoms with Gasteiger partial charge in [-0.2, -0.15) is 0 Å². The predicted octanol–water partition coefficient (Wildman–Crippen LogP) is 14.4. The zero-order valence-corrected chi connectivity index (χ0v) is 42.5. The summed E-state index contributed by atoms with van der Waals surface area (Å²) in [4.78, 5) is 52.5. The molecule has 0 saturated heterocycles. The van der Waals surface area contributed by atoms with Crippen molar-refractivity contribution in [2.75, 3.05) is 23.5 Å². The smallest absolute Gasteiger partial charge is 0.306 e. The largest absolute Gasteiger partial charge is 0.469 e. The standard InChI is InChI=1S/C65H66N2O7/c1-6-49(3)17-18-50(4)47-73-64(70)43-26-53-21-34-60(35-22-53)67(61-36-23-54(24-37-61)27-44-65(71)74-48-55-13-9-8-10-14-55)62-40-30-57(31-41-62)56-28-38-59(39-29-56)66(58-32-19-52(20-33-58)16-12-46-68)45-11-15-51(7-2)25-42-63(69)72-5/h6-11,13-15,17-24,28,30-38,40-41,45-46H,1-4,12,16,25-27,29,39,42-44,47-48H2,5H3/b18-17-,45-11+,51-15+. The normalized spacial score (nSPS) is 12.3. The van der Waals surface area contributed by atoms with Gasteiger partial charge >= 0.3 is 17.9 Å². The van der Waals surface area contributed by atoms with Gasteiger partial charge in [0.1, 0.15) is 19.5 Å². The Bertz CT molecular complexity index is 2890. The number of rotatable bonds is 28. The van der Waals surface area contributed by atoms with Gasteiger partial charge in [-0.3, -0.25) is 14.4 Å². The Hall–Kier alpha value is -8.56. The Balaban J connectivity index is 1.20. The maximum Gasteiger partial charge on any atom is 0.306 e. The van der Waals surface area contributed by atoms with E-state index >= 15 is 0 Å².